The number of furan rings is 1. The molecule has 0 atom stereocenters. The topological polar surface area (TPSA) is 13.1 Å². The molecule has 0 aliphatic heterocycles. The molecule has 0 fully saturated rings. The van der Waals surface area contributed by atoms with E-state index in [0.717, 1.165) is 21.9 Å². The van der Waals surface area contributed by atoms with E-state index in [2.05, 4.69) is 0 Å². The van der Waals surface area contributed by atoms with Crippen LogP contribution in [0.2, 0.25) is 0 Å². The van der Waals surface area contributed by atoms with Crippen LogP contribution < -0.4 is 0 Å². The molecule has 0 aliphatic rings. The Morgan fingerprint density at radius 1 is 0.367 bits per heavy atom. The first-order valence-corrected chi connectivity index (χ1v) is 15.5. The van der Waals surface area contributed by atoms with Gasteiger partial charge in [-0.1, -0.05) is 157 Å². The summed E-state index contributed by atoms with van der Waals surface area (Å²) in [6, 6.07) is 13.3. The zero-order chi connectivity index (χ0) is 47.1. The molecule has 0 spiro atoms. The second-order valence-corrected chi connectivity index (χ2v) is 11.5. The van der Waals surface area contributed by atoms with E-state index in [-0.39, 0.29) is 33.2 Å². The van der Waals surface area contributed by atoms with E-state index < -0.39 is 130 Å². The summed E-state index contributed by atoms with van der Waals surface area (Å²) < 4.78 is 159. The Morgan fingerprint density at radius 2 is 0.939 bits per heavy atom. The van der Waals surface area contributed by atoms with Crippen molar-refractivity contribution in [2.24, 2.45) is 0 Å². The van der Waals surface area contributed by atoms with Gasteiger partial charge in [0.25, 0.3) is 0 Å². The van der Waals surface area contributed by atoms with Gasteiger partial charge in [-0.25, -0.2) is 0 Å². The highest BCUT2D eigenvalue weighted by Crippen LogP contribution is 2.44. The monoisotopic (exact) mass is 639 g/mol. The Balaban J connectivity index is 1.28. The van der Waals surface area contributed by atoms with E-state index in [0.29, 0.717) is 16.3 Å². The van der Waals surface area contributed by atoms with E-state index in [4.69, 9.17) is 15.4 Å². The molecule has 228 valence electrons. The van der Waals surface area contributed by atoms with Gasteiger partial charge in [0.05, 0.1) is 23.3 Å². The Labute approximate surface area is 308 Å². The van der Waals surface area contributed by atoms with E-state index in [1.165, 1.54) is 0 Å². The molecule has 0 radical (unpaired) electrons. The molecular weight excluding hydrogens is 593 g/mol. The van der Waals surface area contributed by atoms with Gasteiger partial charge in [-0.3, -0.25) is 0 Å². The molecule has 0 N–H and O–H groups in total. The number of hydrogen-bond donors (Lipinski definition) is 0. The van der Waals surface area contributed by atoms with E-state index >= 15 is 0 Å². The number of rotatable bonds is 4. The van der Waals surface area contributed by atoms with Crippen molar-refractivity contribution in [3.63, 3.8) is 0 Å². The van der Waals surface area contributed by atoms with Crippen LogP contribution in [0.25, 0.3) is 98.8 Å². The molecule has 1 heterocycles. The quantitative estimate of drug-likeness (QED) is 0.175. The fourth-order valence-corrected chi connectivity index (χ4v) is 6.53. The molecule has 1 heteroatoms. The summed E-state index contributed by atoms with van der Waals surface area (Å²) in [5.41, 5.74) is -0.792. The molecule has 1 nitrogen and oxygen atoms in total. The van der Waals surface area contributed by atoms with Crippen molar-refractivity contribution in [3.05, 3.63) is 182 Å². The molecule has 0 aliphatic carbocycles. The Morgan fingerprint density at radius 3 is 1.63 bits per heavy atom. The molecule has 0 unspecified atom stereocenters. The first-order valence-electron chi connectivity index (χ1n) is 24.0. The van der Waals surface area contributed by atoms with Crippen LogP contribution in [0, 0.1) is 0 Å². The van der Waals surface area contributed by atoms with Crippen LogP contribution in [0.1, 0.15) is 23.3 Å². The lowest BCUT2D eigenvalue weighted by Crippen LogP contribution is -1.90. The third-order valence-corrected chi connectivity index (χ3v) is 8.68. The lowest BCUT2D eigenvalue weighted by Gasteiger charge is -2.18. The number of para-hydroxylation sites is 1. The van der Waals surface area contributed by atoms with Crippen LogP contribution >= 0.6 is 0 Å². The van der Waals surface area contributed by atoms with Crippen LogP contribution in [0.5, 0.6) is 0 Å². The number of benzene rings is 9. The van der Waals surface area contributed by atoms with Gasteiger partial charge < -0.3 is 4.42 Å². The Bertz CT molecular complexity index is 3760. The van der Waals surface area contributed by atoms with Crippen molar-refractivity contribution >= 4 is 54.3 Å². The fraction of sp³-hybridized carbons (Fsp3) is 0. The van der Waals surface area contributed by atoms with Gasteiger partial charge in [0, 0.05) is 16.3 Å². The van der Waals surface area contributed by atoms with Crippen LogP contribution in [0.4, 0.5) is 0 Å². The maximum Gasteiger partial charge on any atom is 0.143 e. The zero-order valence-electron chi connectivity index (χ0n) is 42.4. The minimum absolute atomic E-state index is 0.00250. The van der Waals surface area contributed by atoms with Crippen molar-refractivity contribution < 1.29 is 27.7 Å². The molecule has 49 heavy (non-hydrogen) atoms. The second kappa shape index (κ2) is 11.1. The largest absolute Gasteiger partial charge is 0.455 e. The number of fused-ring (bicyclic) bond motifs is 6. The normalized spacial score (nSPS) is 16.5. The first kappa shape index (κ1) is 15.6. The van der Waals surface area contributed by atoms with Crippen LogP contribution in [0.3, 0.4) is 0 Å². The molecule has 0 saturated heterocycles. The third-order valence-electron chi connectivity index (χ3n) is 8.68. The van der Waals surface area contributed by atoms with Gasteiger partial charge in [0.15, 0.2) is 0 Å². The molecule has 0 saturated carbocycles. The summed E-state index contributed by atoms with van der Waals surface area (Å²) in [6.45, 7) is 0. The summed E-state index contributed by atoms with van der Waals surface area (Å²) in [5, 5.41) is 1.58. The summed E-state index contributed by atoms with van der Waals surface area (Å²) in [4.78, 5) is 0. The van der Waals surface area contributed by atoms with E-state index in [1.807, 2.05) is 78.9 Å². The van der Waals surface area contributed by atoms with Gasteiger partial charge in [0.1, 0.15) is 11.2 Å². The van der Waals surface area contributed by atoms with Gasteiger partial charge in [-0.15, -0.1) is 0 Å². The SMILES string of the molecule is [2H]c1c([2H])c([2H])c(-c2c([2H])c([2H])c([2H])c3c2oc2c([2H])c(-c4c([2H])c([2H])c5c([2H])c(-c6c7ccccc7c(-c7ccccc7)c7ccccc67)c([2H])c([2H])c5c4[2H])c([2H])c([2H])c23)c([2H])c1[2H]. The van der Waals surface area contributed by atoms with Crippen LogP contribution in [0.15, 0.2) is 186 Å². The Kier molecular flexibility index (Phi) is 3.54. The molecule has 10 rings (SSSR count). The van der Waals surface area contributed by atoms with Crippen LogP contribution in [-0.2, 0) is 0 Å². The summed E-state index contributed by atoms with van der Waals surface area (Å²) in [6.07, 6.45) is 0. The van der Waals surface area contributed by atoms with E-state index in [1.54, 1.807) is 0 Å². The molecule has 10 aromatic rings. The molecule has 9 aromatic carbocycles. The maximum absolute atomic E-state index is 9.68. The summed E-state index contributed by atoms with van der Waals surface area (Å²) >= 11 is 0. The molecular formula is C48H30O. The standard InChI is InChI=1S/C48H30O/c1-3-12-31(13-4-1)38-20-11-21-44-39-27-26-36(30-45(39)49-48(38)44)34-22-23-35-29-37(25-24-33(35)28-34)47-42-18-9-7-16-40(42)46(32-14-5-2-6-15-32)41-17-8-10-19-43(41)47/h1-30H/i1D,3D,4D,11D,12D,13D,20D,21D,22D,23D,24D,25D,26D,27D,28D,29D,30D. The van der Waals surface area contributed by atoms with Crippen molar-refractivity contribution in [2.75, 3.05) is 0 Å². The predicted octanol–water partition coefficient (Wildman–Crippen LogP) is 13.7. The highest BCUT2D eigenvalue weighted by atomic mass is 16.3. The minimum Gasteiger partial charge on any atom is -0.455 e. The van der Waals surface area contributed by atoms with Gasteiger partial charge in [-0.05, 0) is 95.4 Å². The Hall–Kier alpha value is -6.44. The highest BCUT2D eigenvalue weighted by molar-refractivity contribution is 6.21. The van der Waals surface area contributed by atoms with Crippen molar-refractivity contribution in [1.82, 2.24) is 0 Å². The van der Waals surface area contributed by atoms with Gasteiger partial charge in [-0.2, -0.15) is 0 Å². The average Bonchev–Trinajstić information content (AvgIpc) is 3.72. The lowest BCUT2D eigenvalue weighted by molar-refractivity contribution is 0.670. The van der Waals surface area contributed by atoms with Gasteiger partial charge >= 0.3 is 0 Å². The smallest absolute Gasteiger partial charge is 0.143 e. The summed E-state index contributed by atoms with van der Waals surface area (Å²) in [7, 11) is 0. The summed E-state index contributed by atoms with van der Waals surface area (Å²) in [5.74, 6) is 0. The van der Waals surface area contributed by atoms with Crippen molar-refractivity contribution in [2.45, 2.75) is 0 Å². The average molecular weight is 640 g/mol. The second-order valence-electron chi connectivity index (χ2n) is 11.5. The minimum atomic E-state index is -0.766. The lowest BCUT2D eigenvalue weighted by atomic mass is 9.85. The van der Waals surface area contributed by atoms with Crippen molar-refractivity contribution in [1.29, 1.82) is 0 Å². The van der Waals surface area contributed by atoms with E-state index in [9.17, 15) is 12.3 Å². The molecule has 0 amide bonds. The first-order chi connectivity index (χ1) is 31.4. The fourth-order valence-electron chi connectivity index (χ4n) is 6.53. The van der Waals surface area contributed by atoms with Crippen LogP contribution in [-0.4, -0.2) is 0 Å². The highest BCUT2D eigenvalue weighted by Gasteiger charge is 2.17. The molecule has 0 bridgehead atoms. The predicted molar refractivity (Wildman–Crippen MR) is 208 cm³/mol. The van der Waals surface area contributed by atoms with Crippen molar-refractivity contribution in [3.8, 4) is 44.5 Å². The molecule has 1 aromatic heterocycles. The third kappa shape index (κ3) is 4.47. The maximum atomic E-state index is 9.68. The number of hydrogen-bond acceptors (Lipinski definition) is 1. The zero-order valence-corrected chi connectivity index (χ0v) is 25.4. The van der Waals surface area contributed by atoms with Gasteiger partial charge in [0.2, 0.25) is 0 Å².